The molecule has 1 aromatic heterocycles. The zero-order chi connectivity index (χ0) is 21.0. The first kappa shape index (κ1) is 21.9. The number of nitrogens with zero attached hydrogens (tertiary/aromatic N) is 5. The molecule has 1 atom stereocenters. The van der Waals surface area contributed by atoms with Crippen LogP contribution in [0.15, 0.2) is 4.99 Å². The van der Waals surface area contributed by atoms with E-state index in [9.17, 15) is 0 Å². The Hall–Kier alpha value is -1.28. The largest absolute Gasteiger partial charge is 0.355 e. The summed E-state index contributed by atoms with van der Waals surface area (Å²) in [5.74, 6) is 5.95. The molecule has 0 spiro atoms. The van der Waals surface area contributed by atoms with E-state index in [0.29, 0.717) is 17.5 Å². The predicted octanol–water partition coefficient (Wildman–Crippen LogP) is 2.63. The van der Waals surface area contributed by atoms with Crippen molar-refractivity contribution < 1.29 is 0 Å². The maximum atomic E-state index is 4.72. The fraction of sp³-hybridized carbons (Fsp3) is 0.864. The van der Waals surface area contributed by atoms with Crippen molar-refractivity contribution in [3.05, 3.63) is 11.6 Å². The van der Waals surface area contributed by atoms with E-state index >= 15 is 0 Å². The van der Waals surface area contributed by atoms with Crippen LogP contribution in [0.2, 0.25) is 0 Å². The average Bonchev–Trinajstić information content (AvgIpc) is 3.22. The van der Waals surface area contributed by atoms with Crippen LogP contribution in [0.1, 0.15) is 69.9 Å². The minimum absolute atomic E-state index is 0.300. The van der Waals surface area contributed by atoms with Gasteiger partial charge in [-0.3, -0.25) is 9.89 Å². The van der Waals surface area contributed by atoms with Gasteiger partial charge in [-0.05, 0) is 19.3 Å². The van der Waals surface area contributed by atoms with E-state index in [4.69, 9.17) is 10.1 Å². The molecule has 3 aliphatic rings. The molecule has 0 aromatic carbocycles. The standard InChI is InChI=1S/C22H39N7S/c1-17(2)20-26-19-8-7-18(15-29(19)27-20)25-21(23-3)24-16-22(9-5-4-6-10-22)28-11-13-30-14-12-28/h17-18H,4-16H2,1-3H3,(H2,23,24,25). The van der Waals surface area contributed by atoms with Crippen molar-refractivity contribution in [1.29, 1.82) is 0 Å². The highest BCUT2D eigenvalue weighted by molar-refractivity contribution is 7.99. The number of hydrogen-bond donors (Lipinski definition) is 2. The molecule has 30 heavy (non-hydrogen) atoms. The molecule has 0 radical (unpaired) electrons. The first-order valence-electron chi connectivity index (χ1n) is 11.8. The van der Waals surface area contributed by atoms with E-state index in [1.165, 1.54) is 56.7 Å². The zero-order valence-electron chi connectivity index (χ0n) is 19.0. The zero-order valence-corrected chi connectivity index (χ0v) is 19.8. The van der Waals surface area contributed by atoms with E-state index in [1.807, 2.05) is 7.05 Å². The number of hydrogen-bond acceptors (Lipinski definition) is 5. The highest BCUT2D eigenvalue weighted by atomic mass is 32.2. The molecule has 4 rings (SSSR count). The van der Waals surface area contributed by atoms with Gasteiger partial charge in [-0.15, -0.1) is 0 Å². The summed E-state index contributed by atoms with van der Waals surface area (Å²) in [5, 5.41) is 12.1. The van der Waals surface area contributed by atoms with Crippen LogP contribution in [0.4, 0.5) is 0 Å². The third-order valence-corrected chi connectivity index (χ3v) is 7.95. The molecule has 0 bridgehead atoms. The molecule has 1 saturated heterocycles. The van der Waals surface area contributed by atoms with E-state index < -0.39 is 0 Å². The van der Waals surface area contributed by atoms with Gasteiger partial charge in [-0.2, -0.15) is 16.9 Å². The fourth-order valence-electron chi connectivity index (χ4n) is 5.18. The molecule has 1 aliphatic carbocycles. The Morgan fingerprint density at radius 3 is 2.70 bits per heavy atom. The van der Waals surface area contributed by atoms with Gasteiger partial charge in [-0.1, -0.05) is 33.1 Å². The molecule has 3 heterocycles. The number of aliphatic imine (C=N–C) groups is 1. The Balaban J connectivity index is 1.36. The van der Waals surface area contributed by atoms with Crippen LogP contribution in [0.25, 0.3) is 0 Å². The number of fused-ring (bicyclic) bond motifs is 1. The lowest BCUT2D eigenvalue weighted by Gasteiger charge is -2.48. The van der Waals surface area contributed by atoms with E-state index in [1.54, 1.807) is 0 Å². The third kappa shape index (κ3) is 4.96. The Morgan fingerprint density at radius 2 is 2.00 bits per heavy atom. The van der Waals surface area contributed by atoms with Crippen LogP contribution in [0, 0.1) is 0 Å². The van der Waals surface area contributed by atoms with Gasteiger partial charge in [-0.25, -0.2) is 9.67 Å². The van der Waals surface area contributed by atoms with E-state index in [0.717, 1.165) is 43.5 Å². The van der Waals surface area contributed by atoms with Gasteiger partial charge < -0.3 is 10.6 Å². The second-order valence-corrected chi connectivity index (χ2v) is 10.6. The quantitative estimate of drug-likeness (QED) is 0.550. The Morgan fingerprint density at radius 1 is 1.23 bits per heavy atom. The molecule has 1 unspecified atom stereocenters. The maximum absolute atomic E-state index is 4.72. The fourth-order valence-corrected chi connectivity index (χ4v) is 6.08. The maximum Gasteiger partial charge on any atom is 0.191 e. The van der Waals surface area contributed by atoms with Crippen LogP contribution in [-0.2, 0) is 13.0 Å². The summed E-state index contributed by atoms with van der Waals surface area (Å²) >= 11 is 2.10. The number of thioether (sulfide) groups is 1. The molecular weight excluding hydrogens is 394 g/mol. The van der Waals surface area contributed by atoms with Gasteiger partial charge in [0.2, 0.25) is 0 Å². The summed E-state index contributed by atoms with van der Waals surface area (Å²) in [7, 11) is 1.89. The number of aromatic nitrogens is 3. The Kier molecular flexibility index (Phi) is 7.24. The van der Waals surface area contributed by atoms with Crippen molar-refractivity contribution in [2.75, 3.05) is 38.2 Å². The van der Waals surface area contributed by atoms with Crippen LogP contribution in [0.5, 0.6) is 0 Å². The van der Waals surface area contributed by atoms with Crippen LogP contribution >= 0.6 is 11.8 Å². The molecule has 8 heteroatoms. The molecule has 0 amide bonds. The SMILES string of the molecule is CN=C(NCC1(N2CCSCC2)CCCCC1)NC1CCc2nc(C(C)C)nn2C1. The van der Waals surface area contributed by atoms with Crippen LogP contribution in [-0.4, -0.2) is 75.4 Å². The molecule has 1 saturated carbocycles. The second kappa shape index (κ2) is 9.90. The molecule has 2 aliphatic heterocycles. The van der Waals surface area contributed by atoms with Crippen molar-refractivity contribution in [2.45, 2.75) is 82.8 Å². The molecule has 2 N–H and O–H groups in total. The molecule has 168 valence electrons. The first-order valence-corrected chi connectivity index (χ1v) is 13.0. The molecule has 2 fully saturated rings. The molecule has 7 nitrogen and oxygen atoms in total. The van der Waals surface area contributed by atoms with Gasteiger partial charge in [0.25, 0.3) is 0 Å². The van der Waals surface area contributed by atoms with Crippen molar-refractivity contribution in [3.8, 4) is 0 Å². The molecular formula is C22H39N7S. The highest BCUT2D eigenvalue weighted by Crippen LogP contribution is 2.34. The summed E-state index contributed by atoms with van der Waals surface area (Å²) in [4.78, 5) is 12.0. The lowest BCUT2D eigenvalue weighted by Crippen LogP contribution is -2.60. The second-order valence-electron chi connectivity index (χ2n) is 9.41. The van der Waals surface area contributed by atoms with E-state index in [2.05, 4.69) is 50.8 Å². The summed E-state index contributed by atoms with van der Waals surface area (Å²) < 4.78 is 2.10. The average molecular weight is 434 g/mol. The monoisotopic (exact) mass is 433 g/mol. The summed E-state index contributed by atoms with van der Waals surface area (Å²) in [6.07, 6.45) is 8.77. The number of rotatable bonds is 5. The van der Waals surface area contributed by atoms with Crippen molar-refractivity contribution in [2.24, 2.45) is 4.99 Å². The van der Waals surface area contributed by atoms with Gasteiger partial charge in [0, 0.05) is 62.1 Å². The normalized spacial score (nSPS) is 25.2. The first-order chi connectivity index (χ1) is 14.6. The summed E-state index contributed by atoms with van der Waals surface area (Å²) in [6.45, 7) is 8.64. The number of guanidine groups is 1. The highest BCUT2D eigenvalue weighted by Gasteiger charge is 2.38. The summed E-state index contributed by atoms with van der Waals surface area (Å²) in [6, 6.07) is 0.346. The minimum Gasteiger partial charge on any atom is -0.355 e. The van der Waals surface area contributed by atoms with E-state index in [-0.39, 0.29) is 0 Å². The summed E-state index contributed by atoms with van der Waals surface area (Å²) in [5.41, 5.74) is 0.300. The van der Waals surface area contributed by atoms with Crippen LogP contribution in [0.3, 0.4) is 0 Å². The van der Waals surface area contributed by atoms with Crippen molar-refractivity contribution >= 4 is 17.7 Å². The number of nitrogens with one attached hydrogen (secondary N) is 2. The van der Waals surface area contributed by atoms with Gasteiger partial charge >= 0.3 is 0 Å². The predicted molar refractivity (Wildman–Crippen MR) is 125 cm³/mol. The topological polar surface area (TPSA) is 70.4 Å². The third-order valence-electron chi connectivity index (χ3n) is 7.01. The molecule has 1 aromatic rings. The Bertz CT molecular complexity index is 717. The van der Waals surface area contributed by atoms with Crippen LogP contribution < -0.4 is 10.6 Å². The van der Waals surface area contributed by atoms with Gasteiger partial charge in [0.1, 0.15) is 5.82 Å². The van der Waals surface area contributed by atoms with Crippen molar-refractivity contribution in [1.82, 2.24) is 30.3 Å². The van der Waals surface area contributed by atoms with Gasteiger partial charge in [0.15, 0.2) is 11.8 Å². The Labute approximate surface area is 185 Å². The smallest absolute Gasteiger partial charge is 0.191 e. The number of aryl methyl sites for hydroxylation is 1. The lowest BCUT2D eigenvalue weighted by molar-refractivity contribution is 0.0625. The lowest BCUT2D eigenvalue weighted by atomic mass is 9.80. The van der Waals surface area contributed by atoms with Gasteiger partial charge in [0.05, 0.1) is 6.54 Å². The van der Waals surface area contributed by atoms with Crippen molar-refractivity contribution in [3.63, 3.8) is 0 Å². The minimum atomic E-state index is 0.300.